The van der Waals surface area contributed by atoms with Crippen LogP contribution >= 0.6 is 27.5 Å². The summed E-state index contributed by atoms with van der Waals surface area (Å²) in [5, 5.41) is 5.02. The maximum Gasteiger partial charge on any atom is 0.138 e. The highest BCUT2D eigenvalue weighted by atomic mass is 79.9. The predicted molar refractivity (Wildman–Crippen MR) is 115 cm³/mol. The molecule has 27 heavy (non-hydrogen) atoms. The number of ether oxygens (including phenoxy) is 1. The molecule has 5 heteroatoms. The summed E-state index contributed by atoms with van der Waals surface area (Å²) >= 11 is 9.90. The molecule has 0 aliphatic carbocycles. The number of hydrogen-bond donors (Lipinski definition) is 1. The zero-order valence-electron chi connectivity index (χ0n) is 14.3. The number of nitrogens with zero attached hydrogens (tertiary/aromatic N) is 1. The number of aromatic nitrogens is 1. The second-order valence-corrected chi connectivity index (χ2v) is 7.39. The van der Waals surface area contributed by atoms with E-state index in [1.54, 1.807) is 6.20 Å². The lowest BCUT2D eigenvalue weighted by molar-refractivity contribution is 0.306. The first-order valence-corrected chi connectivity index (χ1v) is 9.64. The summed E-state index contributed by atoms with van der Waals surface area (Å²) in [6, 6.07) is 23.7. The third-order valence-corrected chi connectivity index (χ3v) is 4.94. The van der Waals surface area contributed by atoms with Crippen LogP contribution in [0.2, 0.25) is 5.02 Å². The second kappa shape index (κ2) is 7.99. The van der Waals surface area contributed by atoms with Crippen molar-refractivity contribution >= 4 is 49.8 Å². The van der Waals surface area contributed by atoms with Gasteiger partial charge in [0.15, 0.2) is 0 Å². The van der Waals surface area contributed by atoms with Crippen molar-refractivity contribution in [1.82, 2.24) is 4.98 Å². The van der Waals surface area contributed by atoms with Gasteiger partial charge in [-0.15, -0.1) is 0 Å². The normalized spacial score (nSPS) is 10.7. The molecule has 0 bridgehead atoms. The van der Waals surface area contributed by atoms with Gasteiger partial charge in [0, 0.05) is 27.4 Å². The number of anilines is 2. The van der Waals surface area contributed by atoms with E-state index in [0.717, 1.165) is 32.3 Å². The molecular formula is C22H16BrClN2O. The number of hydrogen-bond acceptors (Lipinski definition) is 3. The number of pyridine rings is 1. The highest BCUT2D eigenvalue weighted by Crippen LogP contribution is 2.32. The van der Waals surface area contributed by atoms with Crippen molar-refractivity contribution < 1.29 is 4.74 Å². The molecule has 4 aromatic rings. The molecular weight excluding hydrogens is 424 g/mol. The third kappa shape index (κ3) is 4.24. The molecule has 0 aliphatic rings. The van der Waals surface area contributed by atoms with Crippen LogP contribution in [0.5, 0.6) is 5.75 Å². The molecule has 1 N–H and O–H groups in total. The van der Waals surface area contributed by atoms with Crippen LogP contribution in [0.3, 0.4) is 0 Å². The highest BCUT2D eigenvalue weighted by Gasteiger charge is 2.07. The van der Waals surface area contributed by atoms with Gasteiger partial charge in [-0.3, -0.25) is 4.98 Å². The average molecular weight is 440 g/mol. The molecule has 3 nitrogen and oxygen atoms in total. The van der Waals surface area contributed by atoms with Crippen LogP contribution in [-0.2, 0) is 6.61 Å². The first-order valence-electron chi connectivity index (χ1n) is 8.46. The quantitative estimate of drug-likeness (QED) is 0.364. The van der Waals surface area contributed by atoms with Gasteiger partial charge in [0.2, 0.25) is 0 Å². The molecule has 3 aromatic carbocycles. The van der Waals surface area contributed by atoms with Crippen molar-refractivity contribution in [3.63, 3.8) is 0 Å². The van der Waals surface area contributed by atoms with E-state index in [0.29, 0.717) is 17.4 Å². The van der Waals surface area contributed by atoms with E-state index >= 15 is 0 Å². The van der Waals surface area contributed by atoms with Crippen LogP contribution < -0.4 is 10.1 Å². The van der Waals surface area contributed by atoms with Crippen molar-refractivity contribution in [1.29, 1.82) is 0 Å². The molecule has 0 fully saturated rings. The van der Waals surface area contributed by atoms with Gasteiger partial charge < -0.3 is 10.1 Å². The molecule has 4 rings (SSSR count). The molecule has 0 aliphatic heterocycles. The van der Waals surface area contributed by atoms with Crippen molar-refractivity contribution in [3.05, 3.63) is 94.1 Å². The molecule has 0 amide bonds. The van der Waals surface area contributed by atoms with E-state index in [-0.39, 0.29) is 0 Å². The Hall–Kier alpha value is -2.56. The Morgan fingerprint density at radius 1 is 0.963 bits per heavy atom. The summed E-state index contributed by atoms with van der Waals surface area (Å²) < 4.78 is 6.84. The van der Waals surface area contributed by atoms with Crippen LogP contribution in [-0.4, -0.2) is 4.98 Å². The molecule has 1 heterocycles. The first-order chi connectivity index (χ1) is 13.2. The Balaban J connectivity index is 1.53. The zero-order chi connectivity index (χ0) is 18.6. The molecule has 0 spiro atoms. The summed E-state index contributed by atoms with van der Waals surface area (Å²) in [5.41, 5.74) is 3.89. The summed E-state index contributed by atoms with van der Waals surface area (Å²) in [7, 11) is 0. The minimum absolute atomic E-state index is 0.483. The van der Waals surface area contributed by atoms with Gasteiger partial charge in [-0.25, -0.2) is 0 Å². The number of halogens is 2. The van der Waals surface area contributed by atoms with Crippen molar-refractivity contribution in [2.45, 2.75) is 6.61 Å². The minimum Gasteiger partial charge on any atom is -0.487 e. The Morgan fingerprint density at radius 2 is 1.81 bits per heavy atom. The first kappa shape index (κ1) is 17.8. The highest BCUT2D eigenvalue weighted by molar-refractivity contribution is 9.10. The second-order valence-electron chi connectivity index (χ2n) is 6.06. The van der Waals surface area contributed by atoms with Crippen LogP contribution in [0, 0.1) is 0 Å². The van der Waals surface area contributed by atoms with E-state index in [4.69, 9.17) is 16.3 Å². The summed E-state index contributed by atoms with van der Waals surface area (Å²) in [6.07, 6.45) is 1.79. The molecule has 0 radical (unpaired) electrons. The predicted octanol–water partition coefficient (Wildman–Crippen LogP) is 6.97. The number of rotatable bonds is 5. The van der Waals surface area contributed by atoms with Gasteiger partial charge in [-0.2, -0.15) is 0 Å². The largest absolute Gasteiger partial charge is 0.487 e. The topological polar surface area (TPSA) is 34.2 Å². The number of benzene rings is 3. The number of fused-ring (bicyclic) bond motifs is 1. The van der Waals surface area contributed by atoms with Gasteiger partial charge in [-0.1, -0.05) is 57.9 Å². The fourth-order valence-electron chi connectivity index (χ4n) is 2.82. The van der Waals surface area contributed by atoms with Gasteiger partial charge in [0.1, 0.15) is 12.4 Å². The van der Waals surface area contributed by atoms with Crippen LogP contribution in [0.15, 0.2) is 83.5 Å². The minimum atomic E-state index is 0.483. The summed E-state index contributed by atoms with van der Waals surface area (Å²) in [5.74, 6) is 0.662. The fourth-order valence-corrected chi connectivity index (χ4v) is 3.40. The summed E-state index contributed by atoms with van der Waals surface area (Å²) in [4.78, 5) is 4.41. The Labute approximate surface area is 171 Å². The van der Waals surface area contributed by atoms with Crippen LogP contribution in [0.1, 0.15) is 5.56 Å². The summed E-state index contributed by atoms with van der Waals surface area (Å²) in [6.45, 7) is 0.483. The molecule has 1 aromatic heterocycles. The molecule has 134 valence electrons. The fraction of sp³-hybridized carbons (Fsp3) is 0.0455. The van der Waals surface area contributed by atoms with E-state index in [1.165, 1.54) is 0 Å². The third-order valence-electron chi connectivity index (χ3n) is 4.15. The van der Waals surface area contributed by atoms with Crippen molar-refractivity contribution in [2.24, 2.45) is 0 Å². The SMILES string of the molecule is Clc1cc(Nc2ccnc3cc(Br)ccc23)ccc1OCc1ccccc1. The van der Waals surface area contributed by atoms with Crippen LogP contribution in [0.4, 0.5) is 11.4 Å². The maximum absolute atomic E-state index is 6.42. The van der Waals surface area contributed by atoms with E-state index in [9.17, 15) is 0 Å². The van der Waals surface area contributed by atoms with Gasteiger partial charge in [0.05, 0.1) is 10.5 Å². The smallest absolute Gasteiger partial charge is 0.138 e. The van der Waals surface area contributed by atoms with E-state index in [1.807, 2.05) is 72.8 Å². The maximum atomic E-state index is 6.42. The average Bonchev–Trinajstić information content (AvgIpc) is 2.68. The van der Waals surface area contributed by atoms with Gasteiger partial charge in [-0.05, 0) is 48.0 Å². The van der Waals surface area contributed by atoms with E-state index in [2.05, 4.69) is 26.2 Å². The van der Waals surface area contributed by atoms with Crippen molar-refractivity contribution in [3.8, 4) is 5.75 Å². The standard InChI is InChI=1S/C22H16BrClN2O/c23-16-6-8-18-20(10-11-25-21(18)12-16)26-17-7-9-22(19(24)13-17)27-14-15-4-2-1-3-5-15/h1-13H,14H2,(H,25,26). The monoisotopic (exact) mass is 438 g/mol. The Kier molecular flexibility index (Phi) is 5.28. The van der Waals surface area contributed by atoms with Gasteiger partial charge >= 0.3 is 0 Å². The van der Waals surface area contributed by atoms with E-state index < -0.39 is 0 Å². The van der Waals surface area contributed by atoms with Crippen molar-refractivity contribution in [2.75, 3.05) is 5.32 Å². The lowest BCUT2D eigenvalue weighted by atomic mass is 10.2. The Morgan fingerprint density at radius 3 is 2.63 bits per heavy atom. The Bertz CT molecular complexity index is 1090. The molecule has 0 unspecified atom stereocenters. The van der Waals surface area contributed by atoms with Crippen LogP contribution in [0.25, 0.3) is 10.9 Å². The van der Waals surface area contributed by atoms with Gasteiger partial charge in [0.25, 0.3) is 0 Å². The number of nitrogens with one attached hydrogen (secondary N) is 1. The molecule has 0 saturated carbocycles. The zero-order valence-corrected chi connectivity index (χ0v) is 16.7. The molecule has 0 atom stereocenters. The lowest BCUT2D eigenvalue weighted by Gasteiger charge is -2.12. The lowest BCUT2D eigenvalue weighted by Crippen LogP contribution is -1.97. The molecule has 0 saturated heterocycles.